The molecule has 0 saturated carbocycles. The van der Waals surface area contributed by atoms with Gasteiger partial charge in [0.25, 0.3) is 0 Å². The lowest BCUT2D eigenvalue weighted by Gasteiger charge is -2.26. The predicted molar refractivity (Wildman–Crippen MR) is 81.6 cm³/mol. The van der Waals surface area contributed by atoms with Crippen LogP contribution in [0.4, 0.5) is 8.78 Å². The Morgan fingerprint density at radius 3 is 2.75 bits per heavy atom. The molecule has 110 valence electrons. The first-order valence-electron chi connectivity index (χ1n) is 7.20. The number of benzene rings is 1. The standard InChI is InChI=1S/C16H20BrF2N/c1-2-10-20-16(11-6-4-3-5-7-11)12-8-9-13(18)15(19)14(12)17/h6,8-9,16,20H,2-5,7,10H2,1H3. The van der Waals surface area contributed by atoms with Crippen LogP contribution in [0.15, 0.2) is 28.3 Å². The maximum absolute atomic E-state index is 13.8. The molecular formula is C16H20BrF2N. The summed E-state index contributed by atoms with van der Waals surface area (Å²) < 4.78 is 27.3. The normalized spacial score (nSPS) is 16.9. The van der Waals surface area contributed by atoms with Gasteiger partial charge >= 0.3 is 0 Å². The number of halogens is 3. The number of hydrogen-bond acceptors (Lipinski definition) is 1. The molecule has 1 atom stereocenters. The van der Waals surface area contributed by atoms with E-state index in [1.165, 1.54) is 18.1 Å². The molecule has 2 rings (SSSR count). The Kier molecular flexibility index (Phi) is 5.73. The van der Waals surface area contributed by atoms with Crippen molar-refractivity contribution in [3.8, 4) is 0 Å². The van der Waals surface area contributed by atoms with Gasteiger partial charge in [-0.15, -0.1) is 0 Å². The van der Waals surface area contributed by atoms with Crippen LogP contribution in [0.25, 0.3) is 0 Å². The van der Waals surface area contributed by atoms with Gasteiger partial charge < -0.3 is 5.32 Å². The second-order valence-electron chi connectivity index (χ2n) is 5.18. The maximum atomic E-state index is 13.8. The lowest BCUT2D eigenvalue weighted by molar-refractivity contribution is 0.493. The number of nitrogens with one attached hydrogen (secondary N) is 1. The van der Waals surface area contributed by atoms with E-state index in [4.69, 9.17) is 0 Å². The fourth-order valence-corrected chi connectivity index (χ4v) is 3.17. The fraction of sp³-hybridized carbons (Fsp3) is 0.500. The van der Waals surface area contributed by atoms with Crippen molar-refractivity contribution in [3.05, 3.63) is 45.5 Å². The topological polar surface area (TPSA) is 12.0 Å². The van der Waals surface area contributed by atoms with Crippen LogP contribution in [0.2, 0.25) is 0 Å². The van der Waals surface area contributed by atoms with Crippen molar-refractivity contribution in [1.29, 1.82) is 0 Å². The zero-order chi connectivity index (χ0) is 14.5. The molecule has 4 heteroatoms. The van der Waals surface area contributed by atoms with Gasteiger partial charge in [0.1, 0.15) is 0 Å². The highest BCUT2D eigenvalue weighted by molar-refractivity contribution is 9.10. The molecule has 1 aliphatic rings. The van der Waals surface area contributed by atoms with Crippen molar-refractivity contribution < 1.29 is 8.78 Å². The molecule has 0 heterocycles. The van der Waals surface area contributed by atoms with Gasteiger partial charge in [0, 0.05) is 0 Å². The largest absolute Gasteiger partial charge is 0.306 e. The molecule has 0 amide bonds. The van der Waals surface area contributed by atoms with Crippen LogP contribution in [0.3, 0.4) is 0 Å². The summed E-state index contributed by atoms with van der Waals surface area (Å²) in [5.74, 6) is -1.62. The summed E-state index contributed by atoms with van der Waals surface area (Å²) in [4.78, 5) is 0. The Hall–Kier alpha value is -0.740. The second-order valence-corrected chi connectivity index (χ2v) is 5.97. The molecule has 1 nitrogen and oxygen atoms in total. The van der Waals surface area contributed by atoms with E-state index < -0.39 is 11.6 Å². The van der Waals surface area contributed by atoms with Crippen LogP contribution in [0.5, 0.6) is 0 Å². The van der Waals surface area contributed by atoms with E-state index in [9.17, 15) is 8.78 Å². The van der Waals surface area contributed by atoms with Gasteiger partial charge in [0.2, 0.25) is 0 Å². The van der Waals surface area contributed by atoms with Crippen LogP contribution in [0, 0.1) is 11.6 Å². The van der Waals surface area contributed by atoms with Gasteiger partial charge in [-0.25, -0.2) is 8.78 Å². The van der Waals surface area contributed by atoms with E-state index in [1.54, 1.807) is 6.07 Å². The minimum atomic E-state index is -0.813. The number of rotatable bonds is 5. The molecule has 0 aromatic heterocycles. The van der Waals surface area contributed by atoms with Crippen LogP contribution >= 0.6 is 15.9 Å². The van der Waals surface area contributed by atoms with Gasteiger partial charge in [-0.2, -0.15) is 0 Å². The summed E-state index contributed by atoms with van der Waals surface area (Å²) in [6.45, 7) is 2.95. The van der Waals surface area contributed by atoms with Crippen molar-refractivity contribution in [2.45, 2.75) is 45.1 Å². The molecule has 1 unspecified atom stereocenters. The Bertz CT molecular complexity index is 499. The molecule has 0 aliphatic heterocycles. The van der Waals surface area contributed by atoms with E-state index in [0.717, 1.165) is 37.8 Å². The lowest BCUT2D eigenvalue weighted by atomic mass is 9.89. The van der Waals surface area contributed by atoms with Gasteiger partial charge in [-0.3, -0.25) is 0 Å². The van der Waals surface area contributed by atoms with Crippen molar-refractivity contribution in [1.82, 2.24) is 5.32 Å². The average Bonchev–Trinajstić information content (AvgIpc) is 2.48. The van der Waals surface area contributed by atoms with E-state index in [1.807, 2.05) is 0 Å². The van der Waals surface area contributed by atoms with Crippen molar-refractivity contribution in [2.75, 3.05) is 6.54 Å². The lowest BCUT2D eigenvalue weighted by Crippen LogP contribution is -2.25. The zero-order valence-electron chi connectivity index (χ0n) is 11.7. The number of allylic oxidation sites excluding steroid dienone is 1. The quantitative estimate of drug-likeness (QED) is 0.567. The third-order valence-corrected chi connectivity index (χ3v) is 4.48. The summed E-state index contributed by atoms with van der Waals surface area (Å²) in [5, 5.41) is 3.46. The molecule has 0 bridgehead atoms. The fourth-order valence-electron chi connectivity index (χ4n) is 2.62. The highest BCUT2D eigenvalue weighted by Gasteiger charge is 2.22. The maximum Gasteiger partial charge on any atom is 0.173 e. The monoisotopic (exact) mass is 343 g/mol. The van der Waals surface area contributed by atoms with Crippen LogP contribution in [0.1, 0.15) is 50.6 Å². The van der Waals surface area contributed by atoms with Gasteiger partial charge in [0.05, 0.1) is 10.5 Å². The Labute approximate surface area is 127 Å². The summed E-state index contributed by atoms with van der Waals surface area (Å²) in [6, 6.07) is 2.85. The molecule has 1 aromatic rings. The minimum Gasteiger partial charge on any atom is -0.306 e. The van der Waals surface area contributed by atoms with Gasteiger partial charge in [0.15, 0.2) is 11.6 Å². The molecule has 0 fully saturated rings. The van der Waals surface area contributed by atoms with E-state index in [0.29, 0.717) is 0 Å². The zero-order valence-corrected chi connectivity index (χ0v) is 13.3. The summed E-state index contributed by atoms with van der Waals surface area (Å²) in [5.41, 5.74) is 2.07. The number of hydrogen-bond donors (Lipinski definition) is 1. The molecule has 0 saturated heterocycles. The first-order chi connectivity index (χ1) is 9.65. The first kappa shape index (κ1) is 15.6. The Morgan fingerprint density at radius 1 is 1.30 bits per heavy atom. The Balaban J connectivity index is 2.35. The van der Waals surface area contributed by atoms with Crippen molar-refractivity contribution in [3.63, 3.8) is 0 Å². The first-order valence-corrected chi connectivity index (χ1v) is 8.00. The SMILES string of the molecule is CCCNC(C1=CCCCC1)c1ccc(F)c(F)c1Br. The third-order valence-electron chi connectivity index (χ3n) is 3.67. The molecule has 0 spiro atoms. The van der Waals surface area contributed by atoms with Crippen LogP contribution < -0.4 is 5.32 Å². The Morgan fingerprint density at radius 2 is 2.10 bits per heavy atom. The highest BCUT2D eigenvalue weighted by Crippen LogP contribution is 2.35. The van der Waals surface area contributed by atoms with E-state index >= 15 is 0 Å². The third kappa shape index (κ3) is 3.47. The molecule has 1 aromatic carbocycles. The smallest absolute Gasteiger partial charge is 0.173 e. The second kappa shape index (κ2) is 7.32. The van der Waals surface area contributed by atoms with Gasteiger partial charge in [-0.1, -0.05) is 24.6 Å². The predicted octanol–water partition coefficient (Wildman–Crippen LogP) is 5.27. The summed E-state index contributed by atoms with van der Waals surface area (Å²) >= 11 is 3.21. The average molecular weight is 344 g/mol. The van der Waals surface area contributed by atoms with Crippen LogP contribution in [-0.4, -0.2) is 6.54 Å². The highest BCUT2D eigenvalue weighted by atomic mass is 79.9. The van der Waals surface area contributed by atoms with E-state index in [2.05, 4.69) is 34.2 Å². The van der Waals surface area contributed by atoms with Gasteiger partial charge in [-0.05, 0) is 66.2 Å². The molecule has 20 heavy (non-hydrogen) atoms. The molecule has 1 N–H and O–H groups in total. The van der Waals surface area contributed by atoms with Crippen LogP contribution in [-0.2, 0) is 0 Å². The van der Waals surface area contributed by atoms with Crippen molar-refractivity contribution in [2.24, 2.45) is 0 Å². The van der Waals surface area contributed by atoms with Crippen molar-refractivity contribution >= 4 is 15.9 Å². The molecule has 0 radical (unpaired) electrons. The van der Waals surface area contributed by atoms with E-state index in [-0.39, 0.29) is 10.5 Å². The summed E-state index contributed by atoms with van der Waals surface area (Å²) in [6.07, 6.45) is 7.71. The minimum absolute atomic E-state index is 0.0280. The summed E-state index contributed by atoms with van der Waals surface area (Å²) in [7, 11) is 0. The molecular weight excluding hydrogens is 324 g/mol. The molecule has 1 aliphatic carbocycles.